The van der Waals surface area contributed by atoms with Gasteiger partial charge < -0.3 is 4.74 Å². The highest BCUT2D eigenvalue weighted by Crippen LogP contribution is 2.25. The third-order valence-electron chi connectivity index (χ3n) is 1.82. The van der Waals surface area contributed by atoms with E-state index in [0.29, 0.717) is 4.88 Å². The number of esters is 1. The van der Waals surface area contributed by atoms with E-state index < -0.39 is 0 Å². The van der Waals surface area contributed by atoms with Gasteiger partial charge in [0.05, 0.1) is 6.26 Å². The van der Waals surface area contributed by atoms with Gasteiger partial charge in [0, 0.05) is 4.70 Å². The van der Waals surface area contributed by atoms with Crippen LogP contribution in [0, 0.1) is 0 Å². The molecule has 0 saturated carbocycles. The second-order valence-electron chi connectivity index (χ2n) is 2.72. The van der Waals surface area contributed by atoms with Crippen molar-refractivity contribution in [1.29, 1.82) is 0 Å². The second kappa shape index (κ2) is 3.64. The van der Waals surface area contributed by atoms with E-state index in [-0.39, 0.29) is 5.97 Å². The highest BCUT2D eigenvalue weighted by Gasteiger charge is 2.09. The number of fused-ring (bicyclic) bond motifs is 1. The number of thiophene rings is 1. The number of ether oxygens (including phenoxy) is 1. The van der Waals surface area contributed by atoms with Crippen LogP contribution in [0.2, 0.25) is 0 Å². The lowest BCUT2D eigenvalue weighted by Crippen LogP contribution is -1.95. The van der Waals surface area contributed by atoms with Crippen molar-refractivity contribution in [1.82, 2.24) is 0 Å². The fourth-order valence-corrected chi connectivity index (χ4v) is 2.16. The van der Waals surface area contributed by atoms with Crippen molar-refractivity contribution < 1.29 is 9.53 Å². The Labute approximate surface area is 85.4 Å². The molecule has 2 nitrogen and oxygen atoms in total. The van der Waals surface area contributed by atoms with Crippen LogP contribution in [0.1, 0.15) is 9.67 Å². The van der Waals surface area contributed by atoms with E-state index in [0.717, 1.165) is 16.3 Å². The van der Waals surface area contributed by atoms with Crippen LogP contribution in [0.25, 0.3) is 10.1 Å². The molecule has 1 heterocycles. The number of carbonyl (C=O) groups is 1. The van der Waals surface area contributed by atoms with Gasteiger partial charge in [-0.3, -0.25) is 0 Å². The van der Waals surface area contributed by atoms with Gasteiger partial charge in [-0.2, -0.15) is 0 Å². The summed E-state index contributed by atoms with van der Waals surface area (Å²) >= 11 is 1.42. The molecule has 0 unspecified atom stereocenters. The van der Waals surface area contributed by atoms with Gasteiger partial charge in [-0.25, -0.2) is 4.79 Å². The van der Waals surface area contributed by atoms with Gasteiger partial charge in [0.1, 0.15) is 4.88 Å². The molecule has 0 spiro atoms. The Kier molecular flexibility index (Phi) is 2.33. The van der Waals surface area contributed by atoms with Crippen LogP contribution in [0.4, 0.5) is 0 Å². The average molecular weight is 204 g/mol. The van der Waals surface area contributed by atoms with Crippen LogP contribution in [0.3, 0.4) is 0 Å². The monoisotopic (exact) mass is 204 g/mol. The summed E-state index contributed by atoms with van der Waals surface area (Å²) < 4.78 is 5.78. The first-order chi connectivity index (χ1) is 6.81. The molecule has 0 aliphatic heterocycles. The average Bonchev–Trinajstić information content (AvgIpc) is 2.61. The fraction of sp³-hybridized carbons (Fsp3) is 0. The molecule has 2 aromatic rings. The molecule has 0 aliphatic rings. The Morgan fingerprint density at radius 1 is 1.43 bits per heavy atom. The van der Waals surface area contributed by atoms with E-state index in [4.69, 9.17) is 4.74 Å². The van der Waals surface area contributed by atoms with Crippen LogP contribution >= 0.6 is 11.3 Å². The molecular weight excluding hydrogens is 196 g/mol. The molecule has 0 atom stereocenters. The Balaban J connectivity index is 2.44. The Bertz CT molecular complexity index is 452. The molecule has 0 radical (unpaired) electrons. The molecule has 14 heavy (non-hydrogen) atoms. The highest BCUT2D eigenvalue weighted by atomic mass is 32.1. The van der Waals surface area contributed by atoms with Gasteiger partial charge >= 0.3 is 5.97 Å². The van der Waals surface area contributed by atoms with Gasteiger partial charge in [-0.05, 0) is 17.5 Å². The normalized spacial score (nSPS) is 10.0. The predicted molar refractivity (Wildman–Crippen MR) is 57.4 cm³/mol. The summed E-state index contributed by atoms with van der Waals surface area (Å²) in [5.74, 6) is -0.346. The Morgan fingerprint density at radius 2 is 2.21 bits per heavy atom. The SMILES string of the molecule is C=COC(=O)c1cc2ccccc2s1. The predicted octanol–water partition coefficient (Wildman–Crippen LogP) is 3.20. The first-order valence-corrected chi connectivity index (χ1v) is 4.93. The number of hydrogen-bond acceptors (Lipinski definition) is 3. The van der Waals surface area contributed by atoms with Gasteiger partial charge in [-0.15, -0.1) is 11.3 Å². The minimum Gasteiger partial charge on any atom is -0.431 e. The van der Waals surface area contributed by atoms with Crippen LogP contribution in [0.15, 0.2) is 43.2 Å². The molecule has 2 rings (SSSR count). The summed E-state index contributed by atoms with van der Waals surface area (Å²) in [5, 5.41) is 1.06. The smallest absolute Gasteiger partial charge is 0.353 e. The molecule has 0 saturated heterocycles. The molecule has 0 aliphatic carbocycles. The van der Waals surface area contributed by atoms with Crippen molar-refractivity contribution in [3.05, 3.63) is 48.0 Å². The zero-order valence-electron chi connectivity index (χ0n) is 7.40. The van der Waals surface area contributed by atoms with Crippen molar-refractivity contribution in [3.63, 3.8) is 0 Å². The molecule has 0 N–H and O–H groups in total. The summed E-state index contributed by atoms with van der Waals surface area (Å²) in [6, 6.07) is 9.66. The summed E-state index contributed by atoms with van der Waals surface area (Å²) in [4.78, 5) is 11.9. The Morgan fingerprint density at radius 3 is 2.93 bits per heavy atom. The topological polar surface area (TPSA) is 26.3 Å². The molecule has 70 valence electrons. The van der Waals surface area contributed by atoms with Gasteiger partial charge in [-0.1, -0.05) is 24.8 Å². The molecule has 0 bridgehead atoms. The Hall–Kier alpha value is -1.61. The molecule has 1 aromatic heterocycles. The molecule has 1 aromatic carbocycles. The zero-order valence-corrected chi connectivity index (χ0v) is 8.21. The van der Waals surface area contributed by atoms with Crippen LogP contribution < -0.4 is 0 Å². The lowest BCUT2D eigenvalue weighted by molar-refractivity contribution is 0.0669. The van der Waals surface area contributed by atoms with E-state index in [9.17, 15) is 4.79 Å². The third-order valence-corrected chi connectivity index (χ3v) is 2.91. The highest BCUT2D eigenvalue weighted by molar-refractivity contribution is 7.20. The number of rotatable bonds is 2. The van der Waals surface area contributed by atoms with E-state index in [1.165, 1.54) is 11.3 Å². The summed E-state index contributed by atoms with van der Waals surface area (Å²) in [5.41, 5.74) is 0. The summed E-state index contributed by atoms with van der Waals surface area (Å²) in [6.45, 7) is 3.34. The quantitative estimate of drug-likeness (QED) is 0.554. The fourth-order valence-electron chi connectivity index (χ4n) is 1.22. The van der Waals surface area contributed by atoms with E-state index in [2.05, 4.69) is 6.58 Å². The molecule has 3 heteroatoms. The van der Waals surface area contributed by atoms with E-state index >= 15 is 0 Å². The van der Waals surface area contributed by atoms with Gasteiger partial charge in [0.15, 0.2) is 0 Å². The molecular formula is C11H8O2S. The minimum atomic E-state index is -0.346. The second-order valence-corrected chi connectivity index (χ2v) is 3.80. The van der Waals surface area contributed by atoms with Gasteiger partial charge in [0.25, 0.3) is 0 Å². The van der Waals surface area contributed by atoms with Crippen molar-refractivity contribution in [2.24, 2.45) is 0 Å². The number of hydrogen-bond donors (Lipinski definition) is 0. The largest absolute Gasteiger partial charge is 0.431 e. The van der Waals surface area contributed by atoms with E-state index in [1.54, 1.807) is 0 Å². The standard InChI is InChI=1S/C11H8O2S/c1-2-13-11(12)10-7-8-5-3-4-6-9(8)14-10/h2-7H,1H2. The molecule has 0 fully saturated rings. The van der Waals surface area contributed by atoms with Crippen molar-refractivity contribution in [2.75, 3.05) is 0 Å². The maximum absolute atomic E-state index is 11.3. The first-order valence-electron chi connectivity index (χ1n) is 4.12. The summed E-state index contributed by atoms with van der Waals surface area (Å²) in [7, 11) is 0. The van der Waals surface area contributed by atoms with Crippen LogP contribution in [0.5, 0.6) is 0 Å². The third kappa shape index (κ3) is 1.54. The lowest BCUT2D eigenvalue weighted by Gasteiger charge is -1.91. The van der Waals surface area contributed by atoms with Crippen molar-refractivity contribution in [3.8, 4) is 0 Å². The maximum Gasteiger partial charge on any atom is 0.353 e. The van der Waals surface area contributed by atoms with Crippen molar-refractivity contribution >= 4 is 27.4 Å². The minimum absolute atomic E-state index is 0.346. The maximum atomic E-state index is 11.3. The van der Waals surface area contributed by atoms with Crippen LogP contribution in [-0.2, 0) is 4.74 Å². The number of benzene rings is 1. The van der Waals surface area contributed by atoms with Gasteiger partial charge in [0.2, 0.25) is 0 Å². The summed E-state index contributed by atoms with van der Waals surface area (Å²) in [6.07, 6.45) is 1.15. The number of carbonyl (C=O) groups excluding carboxylic acids is 1. The molecule has 0 amide bonds. The van der Waals surface area contributed by atoms with Crippen molar-refractivity contribution in [2.45, 2.75) is 0 Å². The zero-order chi connectivity index (χ0) is 9.97. The van der Waals surface area contributed by atoms with Crippen LogP contribution in [-0.4, -0.2) is 5.97 Å². The van der Waals surface area contributed by atoms with E-state index in [1.807, 2.05) is 30.3 Å². The first kappa shape index (κ1) is 8.97. The lowest BCUT2D eigenvalue weighted by atomic mass is 10.2.